The number of hydrogen-bond donors (Lipinski definition) is 2. The first-order valence-electron chi connectivity index (χ1n) is 25.8. The average Bonchev–Trinajstić information content (AvgIpc) is 3.27. The first-order chi connectivity index (χ1) is 34.4. The summed E-state index contributed by atoms with van der Waals surface area (Å²) in [5.41, 5.74) is 8.78. The highest BCUT2D eigenvalue weighted by Gasteiger charge is 2.27. The average molecular weight is 1140 g/mol. The Hall–Kier alpha value is -3.05. The molecule has 2 rings (SSSR count). The van der Waals surface area contributed by atoms with Gasteiger partial charge >= 0.3 is 21.3 Å². The summed E-state index contributed by atoms with van der Waals surface area (Å²) in [6.45, 7) is 34.2. The molecule has 0 aromatic heterocycles. The second-order valence-electron chi connectivity index (χ2n) is 20.0. The highest BCUT2D eigenvalue weighted by atomic mass is 35.7. The number of esters is 1. The Morgan fingerprint density at radius 3 is 1.50 bits per heavy atom. The number of unbranched alkanes of at least 4 members (excludes halogenated alkanes) is 4. The first kappa shape index (κ1) is 75.2. The first-order valence-corrected chi connectivity index (χ1v) is 30.5. The van der Waals surface area contributed by atoms with Crippen molar-refractivity contribution in [3.05, 3.63) is 118 Å². The Balaban J connectivity index is -0.000000926. The highest BCUT2D eigenvalue weighted by Crippen LogP contribution is 2.41. The minimum Gasteiger partial charge on any atom is -0.726 e. The van der Waals surface area contributed by atoms with Gasteiger partial charge in [0.05, 0.1) is 26.2 Å². The van der Waals surface area contributed by atoms with Crippen molar-refractivity contribution in [3.63, 3.8) is 0 Å². The molecule has 0 spiro atoms. The van der Waals surface area contributed by atoms with Gasteiger partial charge in [-0.2, -0.15) is 8.42 Å². The normalized spacial score (nSPS) is 16.6. The van der Waals surface area contributed by atoms with Crippen molar-refractivity contribution in [2.75, 3.05) is 38.3 Å². The molecule has 17 heteroatoms. The van der Waals surface area contributed by atoms with Crippen LogP contribution < -0.4 is 0 Å². The lowest BCUT2D eigenvalue weighted by Crippen LogP contribution is -2.50. The fraction of sp³-hybridized carbons (Fsp3) is 0.614. The standard InChI is InChI=1S/C21H29ClO2.C19H26O2.C16H36N.CH2Cl2O3S.H2O4S/c1-16(8-6-9-17(2)14-20(23)24-15-22)11-12-19-18(3)10-7-13-21(19,4)5;1-15(8-7-9-16(2)14-18(20)21)11-12-17-10-5-6-13-19(17,3)4;1-5-9-13-17(14-10-6-2,15-11-7-3)16-12-8-4;2-1-6-7(3,4)5;1-5(2,3)4/h6,8-9,11-12,14H,7,10,13,15H2,1-5H3;7-12,14H,5-6,13H2,1-4H3,(H,20,21);5-16H2,1-4H3;1H2;(H2,1,2,3,4)/q;;+1;;/p-1/b9-6+,12-11+,16-8+,17-14+;9-7+,12-11+,15-8+,16-14+;;;. The molecule has 0 atom stereocenters. The molecule has 0 saturated carbocycles. The lowest BCUT2D eigenvalue weighted by Gasteiger charge is -2.39. The molecule has 0 aromatic carbocycles. The lowest BCUT2D eigenvalue weighted by atomic mass is 9.72. The van der Waals surface area contributed by atoms with E-state index in [2.05, 4.69) is 119 Å². The Bertz CT molecular complexity index is 2130. The van der Waals surface area contributed by atoms with Gasteiger partial charge in [-0.25, -0.2) is 22.2 Å². The van der Waals surface area contributed by atoms with Crippen molar-refractivity contribution >= 4 is 65.6 Å². The summed E-state index contributed by atoms with van der Waals surface area (Å²) in [4.78, 5) is 21.8. The zero-order valence-corrected chi connectivity index (χ0v) is 51.0. The van der Waals surface area contributed by atoms with Crippen LogP contribution in [0.1, 0.15) is 180 Å². The van der Waals surface area contributed by atoms with Gasteiger partial charge in [0.25, 0.3) is 0 Å². The van der Waals surface area contributed by atoms with E-state index in [1.807, 2.05) is 44.2 Å². The lowest BCUT2D eigenvalue weighted by molar-refractivity contribution is -0.929. The van der Waals surface area contributed by atoms with Gasteiger partial charge in [-0.1, -0.05) is 188 Å². The molecule has 0 aromatic rings. The van der Waals surface area contributed by atoms with Gasteiger partial charge in [0.2, 0.25) is 10.4 Å². The number of hydrogen-bond acceptors (Lipinski definition) is 9. The molecule has 74 heavy (non-hydrogen) atoms. The van der Waals surface area contributed by atoms with Gasteiger partial charge in [0.15, 0.2) is 6.07 Å². The molecular formula is C57H94Cl3NO11S2. The van der Waals surface area contributed by atoms with Crippen LogP contribution in [0, 0.1) is 10.8 Å². The number of aliphatic carboxylic acids is 1. The number of carbonyl (C=O) groups excluding carboxylic acids is 1. The van der Waals surface area contributed by atoms with E-state index in [4.69, 9.17) is 45.8 Å². The van der Waals surface area contributed by atoms with Gasteiger partial charge in [-0.05, 0) is 132 Å². The molecule has 0 heterocycles. The molecule has 0 radical (unpaired) electrons. The third-order valence-electron chi connectivity index (χ3n) is 12.2. The summed E-state index contributed by atoms with van der Waals surface area (Å²) in [7, 11) is -4.25. The number of halogens is 3. The van der Waals surface area contributed by atoms with Crippen molar-refractivity contribution in [1.29, 1.82) is 0 Å². The SMILES string of the molecule is CC(/C=C/C1=CCCCC1(C)C)=C\C=C\C(C)=C\C(=O)O.CC1=C(/C=C/C(C)=C/C=C/C(C)=C/C(=O)OCCl)C(C)(C)CCC1.CCCC[N+](CCCC)(CCCC)CCCC.O=S(=O)(Cl)OCCl.O=S(=O)([O-])O. The topological polar surface area (TPSA) is 184 Å². The van der Waals surface area contributed by atoms with Gasteiger partial charge < -0.3 is 18.9 Å². The van der Waals surface area contributed by atoms with E-state index in [0.29, 0.717) is 0 Å². The molecule has 0 amide bonds. The fourth-order valence-electron chi connectivity index (χ4n) is 8.05. The second-order valence-corrected chi connectivity index (χ2v) is 23.4. The maximum atomic E-state index is 11.3. The highest BCUT2D eigenvalue weighted by molar-refractivity contribution is 8.10. The largest absolute Gasteiger partial charge is 0.726 e. The van der Waals surface area contributed by atoms with Gasteiger partial charge in [0.1, 0.15) is 6.07 Å². The van der Waals surface area contributed by atoms with Crippen LogP contribution in [-0.4, -0.2) is 85.8 Å². The number of ether oxygens (including phenoxy) is 1. The quantitative estimate of drug-likeness (QED) is 0.0130. The van der Waals surface area contributed by atoms with Gasteiger partial charge in [0, 0.05) is 22.8 Å². The number of alkyl halides is 2. The van der Waals surface area contributed by atoms with E-state index >= 15 is 0 Å². The number of carboxylic acids is 1. The summed E-state index contributed by atoms with van der Waals surface area (Å²) < 4.78 is 62.0. The number of allylic oxidation sites excluding steroid dienone is 18. The van der Waals surface area contributed by atoms with Gasteiger partial charge in [-0.15, -0.1) is 0 Å². The Labute approximate surface area is 463 Å². The van der Waals surface area contributed by atoms with Crippen LogP contribution in [0.15, 0.2) is 118 Å². The molecular weight excluding hydrogens is 1050 g/mol. The number of rotatable bonds is 25. The number of carbonyl (C=O) groups is 2. The van der Waals surface area contributed by atoms with Crippen molar-refractivity contribution in [1.82, 2.24) is 0 Å². The molecule has 2 aliphatic carbocycles. The zero-order chi connectivity index (χ0) is 57.4. The molecule has 2 N–H and O–H groups in total. The summed E-state index contributed by atoms with van der Waals surface area (Å²) in [5, 5.41) is 8.63. The van der Waals surface area contributed by atoms with E-state index in [-0.39, 0.29) is 16.9 Å². The number of quaternary nitrogens is 1. The number of nitrogens with zero attached hydrogens (tertiary/aromatic N) is 1. The van der Waals surface area contributed by atoms with E-state index in [9.17, 15) is 18.0 Å². The predicted octanol–water partition coefficient (Wildman–Crippen LogP) is 16.2. The molecule has 0 saturated heterocycles. The Morgan fingerprint density at radius 1 is 0.703 bits per heavy atom. The maximum absolute atomic E-state index is 11.3. The molecule has 426 valence electrons. The Morgan fingerprint density at radius 2 is 1.14 bits per heavy atom. The summed E-state index contributed by atoms with van der Waals surface area (Å²) >= 11 is 10.1. The van der Waals surface area contributed by atoms with Crippen LogP contribution in [0.3, 0.4) is 0 Å². The molecule has 0 aliphatic heterocycles. The van der Waals surface area contributed by atoms with Crippen LogP contribution >= 0.6 is 33.9 Å². The molecule has 0 bridgehead atoms. The third kappa shape index (κ3) is 44.1. The number of carboxylic acid groups (broad SMARTS) is 1. The zero-order valence-electron chi connectivity index (χ0n) is 47.1. The van der Waals surface area contributed by atoms with Crippen molar-refractivity contribution in [3.8, 4) is 0 Å². The monoisotopic (exact) mass is 1140 g/mol. The molecule has 0 fully saturated rings. The molecule has 12 nitrogen and oxygen atoms in total. The Kier molecular flexibility index (Phi) is 42.7. The minimum absolute atomic E-state index is 0.123. The van der Waals surface area contributed by atoms with E-state index in [0.717, 1.165) is 16.7 Å². The van der Waals surface area contributed by atoms with Crippen LogP contribution in [-0.2, 0) is 38.2 Å². The van der Waals surface area contributed by atoms with Crippen LogP contribution in [0.25, 0.3) is 0 Å². The molecule has 0 unspecified atom stereocenters. The van der Waals surface area contributed by atoms with E-state index in [1.165, 1.54) is 155 Å². The summed E-state index contributed by atoms with van der Waals surface area (Å²) in [6, 6.07) is -0.562. The van der Waals surface area contributed by atoms with Crippen LogP contribution in [0.4, 0.5) is 0 Å². The van der Waals surface area contributed by atoms with E-state index in [1.54, 1.807) is 13.0 Å². The maximum Gasteiger partial charge on any atom is 0.356 e. The summed E-state index contributed by atoms with van der Waals surface area (Å²) in [5.74, 6) is -1.33. The van der Waals surface area contributed by atoms with Crippen molar-refractivity contribution < 1.29 is 54.0 Å². The second kappa shape index (κ2) is 42.0. The summed E-state index contributed by atoms with van der Waals surface area (Å²) in [6.07, 6.45) is 43.7. The smallest absolute Gasteiger partial charge is 0.356 e. The minimum atomic E-state index is -4.92. The van der Waals surface area contributed by atoms with Gasteiger partial charge in [-0.3, -0.25) is 4.55 Å². The predicted molar refractivity (Wildman–Crippen MR) is 310 cm³/mol. The van der Waals surface area contributed by atoms with Crippen LogP contribution in [0.5, 0.6) is 0 Å². The van der Waals surface area contributed by atoms with E-state index < -0.39 is 37.7 Å². The van der Waals surface area contributed by atoms with Crippen LogP contribution in [0.2, 0.25) is 0 Å². The molecule has 2 aliphatic rings. The fourth-order valence-corrected chi connectivity index (χ4v) is 8.88. The van der Waals surface area contributed by atoms with Crippen molar-refractivity contribution in [2.45, 2.75) is 180 Å². The van der Waals surface area contributed by atoms with Crippen molar-refractivity contribution in [2.24, 2.45) is 10.8 Å². The third-order valence-corrected chi connectivity index (χ3v) is 13.2.